The number of ether oxygens (including phenoxy) is 2. The summed E-state index contributed by atoms with van der Waals surface area (Å²) < 4.78 is 11.4. The molecule has 0 amide bonds. The van der Waals surface area contributed by atoms with Crippen LogP contribution >= 0.6 is 11.6 Å². The minimum absolute atomic E-state index is 0.0812. The van der Waals surface area contributed by atoms with Crippen LogP contribution in [0.4, 0.5) is 5.82 Å². The van der Waals surface area contributed by atoms with Crippen molar-refractivity contribution >= 4 is 34.2 Å². The Morgan fingerprint density at radius 3 is 2.58 bits per heavy atom. The third kappa shape index (κ3) is 3.68. The van der Waals surface area contributed by atoms with Crippen LogP contribution in [0, 0.1) is 5.41 Å². The number of benzene rings is 1. The van der Waals surface area contributed by atoms with Gasteiger partial charge in [0, 0.05) is 23.6 Å². The number of fused-ring (bicyclic) bond motifs is 1. The van der Waals surface area contributed by atoms with Gasteiger partial charge in [0.2, 0.25) is 0 Å². The van der Waals surface area contributed by atoms with Gasteiger partial charge in [-0.2, -0.15) is 0 Å². The van der Waals surface area contributed by atoms with Crippen LogP contribution < -0.4 is 10.1 Å². The lowest BCUT2D eigenvalue weighted by atomic mass is 9.69. The van der Waals surface area contributed by atoms with E-state index in [-0.39, 0.29) is 12.1 Å². The third-order valence-electron chi connectivity index (χ3n) is 6.17. The minimum atomic E-state index is -0.464. The van der Waals surface area contributed by atoms with Gasteiger partial charge in [0.25, 0.3) is 0 Å². The molecule has 2 N–H and O–H groups in total. The fraction of sp³-hybridized carbons (Fsp3) is 0.348. The predicted molar refractivity (Wildman–Crippen MR) is 123 cm³/mol. The van der Waals surface area contributed by atoms with E-state index in [1.807, 2.05) is 31.2 Å². The van der Waals surface area contributed by atoms with E-state index in [0.29, 0.717) is 22.0 Å². The maximum atomic E-state index is 6.75. The normalized spacial score (nSPS) is 22.4. The Hall–Kier alpha value is -2.90. The number of hydrogen-bond acceptors (Lipinski definition) is 6. The van der Waals surface area contributed by atoms with Crippen molar-refractivity contribution in [2.45, 2.75) is 32.9 Å². The number of methoxy groups -OCH3 is 2. The Labute approximate surface area is 186 Å². The predicted octanol–water partition coefficient (Wildman–Crippen LogP) is 4.79. The number of imidazole rings is 1. The Balaban J connectivity index is 1.73. The van der Waals surface area contributed by atoms with Crippen LogP contribution in [0.1, 0.15) is 26.3 Å². The molecule has 2 aromatic heterocycles. The molecule has 0 fully saturated rings. The Morgan fingerprint density at radius 1 is 1.16 bits per heavy atom. The maximum absolute atomic E-state index is 6.75. The zero-order valence-electron chi connectivity index (χ0n) is 18.2. The molecule has 3 atom stereocenters. The molecule has 0 spiro atoms. The van der Waals surface area contributed by atoms with Crippen LogP contribution in [-0.4, -0.2) is 46.3 Å². The third-order valence-corrected chi connectivity index (χ3v) is 6.56. The standard InChI is InChI=1S/C23H26ClN5O2/c1-13-17(24)10-23(3,14(2)29-22-19-21(26-11-25-19)27-12-28-22)20(31-5)18(13)15-6-8-16(30-4)9-7-15/h6-12,14,20H,1-5H3,(H2,25,26,27,28,29). The number of nitrogens with one attached hydrogen (secondary N) is 2. The average Bonchev–Trinajstić information content (AvgIpc) is 3.26. The summed E-state index contributed by atoms with van der Waals surface area (Å²) in [6.07, 6.45) is 4.97. The lowest BCUT2D eigenvalue weighted by Gasteiger charge is -2.44. The summed E-state index contributed by atoms with van der Waals surface area (Å²) in [5.41, 5.74) is 4.02. The van der Waals surface area contributed by atoms with E-state index < -0.39 is 5.41 Å². The number of aromatic nitrogens is 4. The number of allylic oxidation sites excluding steroid dienone is 2. The lowest BCUT2D eigenvalue weighted by molar-refractivity contribution is 0.0567. The number of halogens is 1. The molecule has 0 saturated heterocycles. The molecule has 162 valence electrons. The zero-order chi connectivity index (χ0) is 22.2. The SMILES string of the molecule is COc1ccc(C2=C(C)C(Cl)=CC(C)(C(C)Nc3ncnc4[nH]cnc34)C2OC)cc1. The first-order chi connectivity index (χ1) is 14.9. The molecule has 0 bridgehead atoms. The second-order valence-corrected chi connectivity index (χ2v) is 8.34. The van der Waals surface area contributed by atoms with Crippen LogP contribution in [0.15, 0.2) is 53.6 Å². The van der Waals surface area contributed by atoms with Crippen LogP contribution in [0.3, 0.4) is 0 Å². The number of aromatic amines is 1. The average molecular weight is 440 g/mol. The number of anilines is 1. The van der Waals surface area contributed by atoms with Gasteiger partial charge < -0.3 is 19.8 Å². The van der Waals surface area contributed by atoms with E-state index >= 15 is 0 Å². The van der Waals surface area contributed by atoms with Crippen LogP contribution in [0.25, 0.3) is 16.7 Å². The summed E-state index contributed by atoms with van der Waals surface area (Å²) in [6.45, 7) is 6.26. The van der Waals surface area contributed by atoms with Crippen molar-refractivity contribution in [1.29, 1.82) is 0 Å². The second-order valence-electron chi connectivity index (χ2n) is 7.93. The van der Waals surface area contributed by atoms with Gasteiger partial charge in [0.15, 0.2) is 11.5 Å². The van der Waals surface area contributed by atoms with Gasteiger partial charge in [-0.1, -0.05) is 36.7 Å². The van der Waals surface area contributed by atoms with Crippen molar-refractivity contribution in [3.63, 3.8) is 0 Å². The first kappa shape index (κ1) is 21.3. The number of rotatable bonds is 6. The highest BCUT2D eigenvalue weighted by Gasteiger charge is 2.44. The van der Waals surface area contributed by atoms with Crippen molar-refractivity contribution in [2.75, 3.05) is 19.5 Å². The van der Waals surface area contributed by atoms with Gasteiger partial charge in [0.1, 0.15) is 17.6 Å². The van der Waals surface area contributed by atoms with Crippen molar-refractivity contribution in [3.05, 3.63) is 59.2 Å². The number of hydrogen-bond donors (Lipinski definition) is 2. The van der Waals surface area contributed by atoms with Gasteiger partial charge in [-0.05, 0) is 42.7 Å². The van der Waals surface area contributed by atoms with E-state index in [1.165, 1.54) is 6.33 Å². The van der Waals surface area contributed by atoms with Crippen molar-refractivity contribution in [3.8, 4) is 5.75 Å². The summed E-state index contributed by atoms with van der Waals surface area (Å²) in [5.74, 6) is 1.47. The van der Waals surface area contributed by atoms with Crippen LogP contribution in [-0.2, 0) is 4.74 Å². The van der Waals surface area contributed by atoms with E-state index in [4.69, 9.17) is 21.1 Å². The summed E-state index contributed by atoms with van der Waals surface area (Å²) in [5, 5.41) is 4.22. The molecule has 1 aromatic carbocycles. The van der Waals surface area contributed by atoms with Gasteiger partial charge in [-0.3, -0.25) is 0 Å². The van der Waals surface area contributed by atoms with Gasteiger partial charge in [0.05, 0.1) is 19.5 Å². The Bertz CT molecular complexity index is 1150. The summed E-state index contributed by atoms with van der Waals surface area (Å²) in [4.78, 5) is 16.0. The topological polar surface area (TPSA) is 85.0 Å². The molecule has 31 heavy (non-hydrogen) atoms. The lowest BCUT2D eigenvalue weighted by Crippen LogP contribution is -2.47. The van der Waals surface area contributed by atoms with Crippen molar-refractivity contribution in [1.82, 2.24) is 19.9 Å². The fourth-order valence-electron chi connectivity index (χ4n) is 4.19. The number of nitrogens with zero attached hydrogens (tertiary/aromatic N) is 3. The van der Waals surface area contributed by atoms with E-state index in [0.717, 1.165) is 22.5 Å². The molecule has 3 unspecified atom stereocenters. The molecule has 8 heteroatoms. The smallest absolute Gasteiger partial charge is 0.162 e. The van der Waals surface area contributed by atoms with Gasteiger partial charge in [-0.15, -0.1) is 0 Å². The molecule has 2 heterocycles. The molecule has 3 aromatic rings. The summed E-state index contributed by atoms with van der Waals surface area (Å²) in [6, 6.07) is 7.89. The Morgan fingerprint density at radius 2 is 1.90 bits per heavy atom. The first-order valence-corrected chi connectivity index (χ1v) is 10.4. The van der Waals surface area contributed by atoms with Crippen molar-refractivity contribution < 1.29 is 9.47 Å². The molecule has 0 saturated carbocycles. The monoisotopic (exact) mass is 439 g/mol. The van der Waals surface area contributed by atoms with E-state index in [9.17, 15) is 0 Å². The molecule has 4 rings (SSSR count). The fourth-order valence-corrected chi connectivity index (χ4v) is 4.52. The van der Waals surface area contributed by atoms with E-state index in [2.05, 4.69) is 45.2 Å². The largest absolute Gasteiger partial charge is 0.497 e. The van der Waals surface area contributed by atoms with Gasteiger partial charge >= 0.3 is 0 Å². The molecule has 1 aliphatic rings. The molecular formula is C23H26ClN5O2. The molecule has 1 aliphatic carbocycles. The Kier molecular flexibility index (Phi) is 5.73. The van der Waals surface area contributed by atoms with Gasteiger partial charge in [-0.25, -0.2) is 15.0 Å². The number of H-pyrrole nitrogens is 1. The summed E-state index contributed by atoms with van der Waals surface area (Å²) in [7, 11) is 3.39. The molecular weight excluding hydrogens is 414 g/mol. The quantitative estimate of drug-likeness (QED) is 0.574. The highest BCUT2D eigenvalue weighted by Crippen LogP contribution is 2.47. The minimum Gasteiger partial charge on any atom is -0.497 e. The first-order valence-electron chi connectivity index (χ1n) is 10.1. The van der Waals surface area contributed by atoms with Crippen LogP contribution in [0.2, 0.25) is 0 Å². The van der Waals surface area contributed by atoms with Crippen molar-refractivity contribution in [2.24, 2.45) is 5.41 Å². The van der Waals surface area contributed by atoms with E-state index in [1.54, 1.807) is 20.5 Å². The highest BCUT2D eigenvalue weighted by molar-refractivity contribution is 6.33. The van der Waals surface area contributed by atoms with Crippen LogP contribution in [0.5, 0.6) is 5.75 Å². The zero-order valence-corrected chi connectivity index (χ0v) is 19.0. The molecule has 7 nitrogen and oxygen atoms in total. The second kappa shape index (κ2) is 8.32. The summed E-state index contributed by atoms with van der Waals surface area (Å²) >= 11 is 6.75. The maximum Gasteiger partial charge on any atom is 0.162 e. The molecule has 0 aliphatic heterocycles. The highest BCUT2D eigenvalue weighted by atomic mass is 35.5. The molecule has 0 radical (unpaired) electrons.